The van der Waals surface area contributed by atoms with Crippen molar-refractivity contribution in [2.75, 3.05) is 31.1 Å². The number of hydrogen-bond donors (Lipinski definition) is 0. The Morgan fingerprint density at radius 1 is 1.14 bits per heavy atom. The van der Waals surface area contributed by atoms with E-state index in [-0.39, 0.29) is 5.91 Å². The van der Waals surface area contributed by atoms with Crippen LogP contribution in [0.15, 0.2) is 48.2 Å². The number of nitrogens with zero attached hydrogens (tertiary/aromatic N) is 6. The fourth-order valence-electron chi connectivity index (χ4n) is 3.42. The predicted molar refractivity (Wildman–Crippen MR) is 109 cm³/mol. The minimum atomic E-state index is 0.105. The van der Waals surface area contributed by atoms with Crippen molar-refractivity contribution in [1.29, 1.82) is 0 Å². The zero-order valence-corrected chi connectivity index (χ0v) is 16.5. The van der Waals surface area contributed by atoms with Crippen LogP contribution in [0.3, 0.4) is 0 Å². The van der Waals surface area contributed by atoms with Gasteiger partial charge in [0, 0.05) is 43.5 Å². The average Bonchev–Trinajstić information content (AvgIpc) is 3.17. The second-order valence-electron chi connectivity index (χ2n) is 7.07. The summed E-state index contributed by atoms with van der Waals surface area (Å²) in [5, 5.41) is 4.72. The van der Waals surface area contributed by atoms with Gasteiger partial charge in [-0.15, -0.1) is 5.10 Å². The molecule has 144 valence electrons. The van der Waals surface area contributed by atoms with Crippen molar-refractivity contribution in [1.82, 2.24) is 24.5 Å². The SMILES string of the molecule is C/C=C(\C)C(=O)N1CCN(c2nc3nccc(-c4cccc(C)c4)n3n2)CC1. The van der Waals surface area contributed by atoms with Crippen LogP contribution in [0.1, 0.15) is 19.4 Å². The summed E-state index contributed by atoms with van der Waals surface area (Å²) in [6.45, 7) is 8.57. The number of piperazine rings is 1. The Morgan fingerprint density at radius 2 is 1.93 bits per heavy atom. The van der Waals surface area contributed by atoms with E-state index in [2.05, 4.69) is 40.0 Å². The fourth-order valence-corrected chi connectivity index (χ4v) is 3.42. The van der Waals surface area contributed by atoms with E-state index in [0.29, 0.717) is 37.9 Å². The van der Waals surface area contributed by atoms with Gasteiger partial charge in [0.05, 0.1) is 5.69 Å². The molecule has 0 spiro atoms. The van der Waals surface area contributed by atoms with Crippen LogP contribution in [-0.4, -0.2) is 56.6 Å². The van der Waals surface area contributed by atoms with E-state index in [1.165, 1.54) is 5.56 Å². The number of carbonyl (C=O) groups excluding carboxylic acids is 1. The number of allylic oxidation sites excluding steroid dienone is 1. The molecule has 0 bridgehead atoms. The molecule has 1 amide bonds. The second kappa shape index (κ2) is 7.42. The van der Waals surface area contributed by atoms with Crippen molar-refractivity contribution >= 4 is 17.6 Å². The van der Waals surface area contributed by atoms with Gasteiger partial charge in [0.1, 0.15) is 0 Å². The van der Waals surface area contributed by atoms with E-state index in [0.717, 1.165) is 16.8 Å². The number of amides is 1. The molecule has 0 N–H and O–H groups in total. The molecule has 1 saturated heterocycles. The number of aryl methyl sites for hydroxylation is 1. The summed E-state index contributed by atoms with van der Waals surface area (Å²) >= 11 is 0. The van der Waals surface area contributed by atoms with Gasteiger partial charge in [-0.05, 0) is 32.9 Å². The van der Waals surface area contributed by atoms with Crippen LogP contribution in [-0.2, 0) is 4.79 Å². The van der Waals surface area contributed by atoms with Crippen molar-refractivity contribution in [2.45, 2.75) is 20.8 Å². The van der Waals surface area contributed by atoms with E-state index in [1.807, 2.05) is 37.0 Å². The molecule has 0 aliphatic carbocycles. The maximum absolute atomic E-state index is 12.3. The van der Waals surface area contributed by atoms with Crippen molar-refractivity contribution in [3.63, 3.8) is 0 Å². The summed E-state index contributed by atoms with van der Waals surface area (Å²) in [7, 11) is 0. The van der Waals surface area contributed by atoms with Crippen LogP contribution >= 0.6 is 0 Å². The minimum absolute atomic E-state index is 0.105. The number of anilines is 1. The third kappa shape index (κ3) is 3.35. The summed E-state index contributed by atoms with van der Waals surface area (Å²) in [4.78, 5) is 25.3. The van der Waals surface area contributed by atoms with Gasteiger partial charge in [-0.25, -0.2) is 4.98 Å². The normalized spacial score (nSPS) is 15.3. The summed E-state index contributed by atoms with van der Waals surface area (Å²) < 4.78 is 1.80. The standard InChI is InChI=1S/C21H24N6O/c1-4-16(3)19(28)25-10-12-26(13-11-25)21-23-20-22-9-8-18(27(20)24-21)17-7-5-6-15(2)14-17/h4-9,14H,10-13H2,1-3H3/b16-4+. The van der Waals surface area contributed by atoms with Crippen molar-refractivity contribution in [2.24, 2.45) is 0 Å². The van der Waals surface area contributed by atoms with Crippen molar-refractivity contribution in [3.8, 4) is 11.3 Å². The van der Waals surface area contributed by atoms with Crippen LogP contribution in [0, 0.1) is 6.92 Å². The molecule has 0 radical (unpaired) electrons. The monoisotopic (exact) mass is 376 g/mol. The van der Waals surface area contributed by atoms with E-state index >= 15 is 0 Å². The van der Waals surface area contributed by atoms with Crippen LogP contribution < -0.4 is 4.90 Å². The molecular weight excluding hydrogens is 352 g/mol. The zero-order valence-electron chi connectivity index (χ0n) is 16.5. The van der Waals surface area contributed by atoms with Gasteiger partial charge in [0.2, 0.25) is 11.9 Å². The van der Waals surface area contributed by atoms with Crippen LogP contribution in [0.4, 0.5) is 5.95 Å². The molecule has 3 aromatic rings. The molecule has 7 nitrogen and oxygen atoms in total. The number of rotatable bonds is 3. The first kappa shape index (κ1) is 18.2. The first-order valence-corrected chi connectivity index (χ1v) is 9.53. The number of benzene rings is 1. The Kier molecular flexibility index (Phi) is 4.81. The van der Waals surface area contributed by atoms with Crippen molar-refractivity contribution < 1.29 is 4.79 Å². The highest BCUT2D eigenvalue weighted by Gasteiger charge is 2.24. The fraction of sp³-hybridized carbons (Fsp3) is 0.333. The Balaban J connectivity index is 1.58. The number of hydrogen-bond acceptors (Lipinski definition) is 5. The molecule has 2 aromatic heterocycles. The van der Waals surface area contributed by atoms with Gasteiger partial charge in [-0.3, -0.25) is 4.79 Å². The highest BCUT2D eigenvalue weighted by atomic mass is 16.2. The van der Waals surface area contributed by atoms with Gasteiger partial charge in [-0.1, -0.05) is 29.8 Å². The lowest BCUT2D eigenvalue weighted by atomic mass is 10.1. The quantitative estimate of drug-likeness (QED) is 0.658. The summed E-state index contributed by atoms with van der Waals surface area (Å²) in [6.07, 6.45) is 3.62. The summed E-state index contributed by atoms with van der Waals surface area (Å²) in [5.41, 5.74) is 4.03. The zero-order chi connectivity index (χ0) is 19.7. The van der Waals surface area contributed by atoms with E-state index in [9.17, 15) is 4.79 Å². The Labute approximate surface area is 164 Å². The summed E-state index contributed by atoms with van der Waals surface area (Å²) in [6, 6.07) is 10.3. The maximum Gasteiger partial charge on any atom is 0.254 e. The van der Waals surface area contributed by atoms with Crippen LogP contribution in [0.25, 0.3) is 17.0 Å². The lowest BCUT2D eigenvalue weighted by Gasteiger charge is -2.34. The molecule has 1 aromatic carbocycles. The van der Waals surface area contributed by atoms with Crippen LogP contribution in [0.5, 0.6) is 0 Å². The molecule has 1 aliphatic rings. The molecule has 3 heterocycles. The Hall–Kier alpha value is -3.22. The molecule has 0 saturated carbocycles. The lowest BCUT2D eigenvalue weighted by molar-refractivity contribution is -0.127. The van der Waals surface area contributed by atoms with E-state index < -0.39 is 0 Å². The lowest BCUT2D eigenvalue weighted by Crippen LogP contribution is -2.49. The van der Waals surface area contributed by atoms with Gasteiger partial charge in [-0.2, -0.15) is 9.50 Å². The number of carbonyl (C=O) groups is 1. The number of aromatic nitrogens is 4. The van der Waals surface area contributed by atoms with Gasteiger partial charge in [0.25, 0.3) is 5.78 Å². The molecule has 1 aliphatic heterocycles. The number of fused-ring (bicyclic) bond motifs is 1. The highest BCUT2D eigenvalue weighted by Crippen LogP contribution is 2.22. The largest absolute Gasteiger partial charge is 0.336 e. The maximum atomic E-state index is 12.3. The molecule has 1 fully saturated rings. The first-order chi connectivity index (χ1) is 13.6. The average molecular weight is 376 g/mol. The molecule has 0 unspecified atom stereocenters. The molecule has 4 rings (SSSR count). The van der Waals surface area contributed by atoms with Gasteiger partial charge >= 0.3 is 0 Å². The molecule has 28 heavy (non-hydrogen) atoms. The van der Waals surface area contributed by atoms with Gasteiger partial charge in [0.15, 0.2) is 0 Å². The molecule has 0 atom stereocenters. The van der Waals surface area contributed by atoms with E-state index in [4.69, 9.17) is 5.10 Å². The third-order valence-electron chi connectivity index (χ3n) is 5.16. The predicted octanol–water partition coefficient (Wildman–Crippen LogP) is 2.71. The third-order valence-corrected chi connectivity index (χ3v) is 5.16. The Morgan fingerprint density at radius 3 is 2.64 bits per heavy atom. The van der Waals surface area contributed by atoms with Crippen LogP contribution in [0.2, 0.25) is 0 Å². The van der Waals surface area contributed by atoms with Gasteiger partial charge < -0.3 is 9.80 Å². The molecule has 7 heteroatoms. The topological polar surface area (TPSA) is 66.6 Å². The highest BCUT2D eigenvalue weighted by molar-refractivity contribution is 5.92. The smallest absolute Gasteiger partial charge is 0.254 e. The molecular formula is C21H24N6O. The minimum Gasteiger partial charge on any atom is -0.336 e. The Bertz CT molecular complexity index is 1050. The summed E-state index contributed by atoms with van der Waals surface area (Å²) in [5.74, 6) is 1.34. The van der Waals surface area contributed by atoms with Crippen molar-refractivity contribution in [3.05, 3.63) is 53.7 Å². The van der Waals surface area contributed by atoms with E-state index in [1.54, 1.807) is 10.7 Å². The first-order valence-electron chi connectivity index (χ1n) is 9.53. The second-order valence-corrected chi connectivity index (χ2v) is 7.07.